The Labute approximate surface area is 152 Å². The van der Waals surface area contributed by atoms with Gasteiger partial charge in [-0.1, -0.05) is 28.9 Å². The Morgan fingerprint density at radius 2 is 2.23 bits per heavy atom. The lowest BCUT2D eigenvalue weighted by Gasteiger charge is -2.16. The van der Waals surface area contributed by atoms with Crippen molar-refractivity contribution in [2.24, 2.45) is 0 Å². The van der Waals surface area contributed by atoms with Gasteiger partial charge < -0.3 is 9.84 Å². The average Bonchev–Trinajstić information content (AvgIpc) is 3.13. The first-order chi connectivity index (χ1) is 12.3. The minimum atomic E-state index is -3.01. The summed E-state index contributed by atoms with van der Waals surface area (Å²) in [6.45, 7) is 2.44. The van der Waals surface area contributed by atoms with Crippen LogP contribution in [0.2, 0.25) is 0 Å². The van der Waals surface area contributed by atoms with Crippen LogP contribution in [0.5, 0.6) is 0 Å². The van der Waals surface area contributed by atoms with Crippen LogP contribution in [0.1, 0.15) is 17.9 Å². The van der Waals surface area contributed by atoms with Gasteiger partial charge in [-0.15, -0.1) is 0 Å². The number of rotatable bonds is 6. The lowest BCUT2D eigenvalue weighted by Crippen LogP contribution is -2.41. The normalized spacial score (nSPS) is 19.0. The predicted octanol–water partition coefficient (Wildman–Crippen LogP) is 0.780. The fourth-order valence-corrected chi connectivity index (χ4v) is 4.61. The van der Waals surface area contributed by atoms with Gasteiger partial charge in [0.2, 0.25) is 17.6 Å². The van der Waals surface area contributed by atoms with Crippen molar-refractivity contribution in [2.45, 2.75) is 25.9 Å². The number of hydrogen-bond donors (Lipinski definition) is 1. The molecule has 1 amide bonds. The largest absolute Gasteiger partial charge is 0.351 e. The molecule has 9 heteroatoms. The molecule has 0 aliphatic carbocycles. The van der Waals surface area contributed by atoms with Gasteiger partial charge in [0, 0.05) is 11.6 Å². The molecule has 0 radical (unpaired) electrons. The number of likely N-dealkylation sites (N-methyl/N-ethyl adjacent to an activating group) is 1. The van der Waals surface area contributed by atoms with Crippen molar-refractivity contribution in [1.29, 1.82) is 0 Å². The summed E-state index contributed by atoms with van der Waals surface area (Å²) < 4.78 is 28.1. The Morgan fingerprint density at radius 3 is 2.92 bits per heavy atom. The lowest BCUT2D eigenvalue weighted by molar-refractivity contribution is -0.122. The Balaban J connectivity index is 1.52. The highest BCUT2D eigenvalue weighted by Gasteiger charge is 2.29. The number of benzene rings is 1. The monoisotopic (exact) mass is 378 g/mol. The molecule has 1 saturated heterocycles. The first-order valence-electron chi connectivity index (χ1n) is 8.39. The van der Waals surface area contributed by atoms with E-state index in [1.165, 1.54) is 0 Å². The molecule has 0 spiro atoms. The minimum absolute atomic E-state index is 0.0198. The summed E-state index contributed by atoms with van der Waals surface area (Å²) in [4.78, 5) is 18.2. The molecule has 3 rings (SSSR count). The quantitative estimate of drug-likeness (QED) is 0.792. The predicted molar refractivity (Wildman–Crippen MR) is 96.0 cm³/mol. The summed E-state index contributed by atoms with van der Waals surface area (Å²) in [6, 6.07) is 7.51. The lowest BCUT2D eigenvalue weighted by atomic mass is 10.1. The van der Waals surface area contributed by atoms with Crippen molar-refractivity contribution in [3.63, 3.8) is 0 Å². The van der Waals surface area contributed by atoms with Gasteiger partial charge in [-0.25, -0.2) is 8.42 Å². The molecule has 1 fully saturated rings. The summed E-state index contributed by atoms with van der Waals surface area (Å²) in [6.07, 6.45) is 0.474. The van der Waals surface area contributed by atoms with Crippen LogP contribution >= 0.6 is 0 Å². The summed E-state index contributed by atoms with van der Waals surface area (Å²) in [7, 11) is -1.24. The fraction of sp³-hybridized carbons (Fsp3) is 0.471. The topological polar surface area (TPSA) is 105 Å². The molecule has 8 nitrogen and oxygen atoms in total. The third-order valence-corrected chi connectivity index (χ3v) is 5.93. The van der Waals surface area contributed by atoms with Gasteiger partial charge in [0.1, 0.15) is 0 Å². The molecule has 1 aliphatic rings. The maximum Gasteiger partial charge on any atom is 0.241 e. The number of aromatic nitrogens is 2. The maximum absolute atomic E-state index is 12.1. The molecule has 1 aromatic heterocycles. The van der Waals surface area contributed by atoms with E-state index in [0.717, 1.165) is 11.1 Å². The second-order valence-corrected chi connectivity index (χ2v) is 8.95. The smallest absolute Gasteiger partial charge is 0.241 e. The van der Waals surface area contributed by atoms with Crippen LogP contribution < -0.4 is 5.32 Å². The average molecular weight is 378 g/mol. The van der Waals surface area contributed by atoms with Gasteiger partial charge in [0.05, 0.1) is 24.6 Å². The van der Waals surface area contributed by atoms with Gasteiger partial charge in [0.15, 0.2) is 9.84 Å². The van der Waals surface area contributed by atoms with Gasteiger partial charge >= 0.3 is 0 Å². The van der Waals surface area contributed by atoms with E-state index in [1.807, 2.05) is 31.2 Å². The Morgan fingerprint density at radius 1 is 1.42 bits per heavy atom. The number of carbonyl (C=O) groups is 1. The van der Waals surface area contributed by atoms with Crippen LogP contribution in [-0.4, -0.2) is 60.5 Å². The van der Waals surface area contributed by atoms with E-state index in [9.17, 15) is 13.2 Å². The number of nitrogens with one attached hydrogen (secondary N) is 1. The molecule has 140 valence electrons. The van der Waals surface area contributed by atoms with Gasteiger partial charge in [-0.2, -0.15) is 4.98 Å². The van der Waals surface area contributed by atoms with Crippen molar-refractivity contribution in [3.8, 4) is 11.4 Å². The van der Waals surface area contributed by atoms with E-state index < -0.39 is 9.84 Å². The van der Waals surface area contributed by atoms with E-state index in [-0.39, 0.29) is 30.0 Å². The van der Waals surface area contributed by atoms with Crippen LogP contribution in [-0.2, 0) is 21.2 Å². The first-order valence-corrected chi connectivity index (χ1v) is 10.2. The van der Waals surface area contributed by atoms with E-state index >= 15 is 0 Å². The van der Waals surface area contributed by atoms with E-state index in [0.29, 0.717) is 24.7 Å². The second kappa shape index (κ2) is 7.55. The number of nitrogens with zero attached hydrogens (tertiary/aromatic N) is 3. The Kier molecular flexibility index (Phi) is 5.38. The molecular formula is C17H22N4O4S. The number of carbonyl (C=O) groups excluding carboxylic acids is 1. The summed E-state index contributed by atoms with van der Waals surface area (Å²) in [5, 5.41) is 6.74. The molecule has 1 unspecified atom stereocenters. The molecule has 1 aliphatic heterocycles. The number of aryl methyl sites for hydroxylation is 1. The third kappa shape index (κ3) is 4.89. The molecule has 1 N–H and O–H groups in total. The Bertz CT molecular complexity index is 894. The van der Waals surface area contributed by atoms with Crippen molar-refractivity contribution in [3.05, 3.63) is 35.7 Å². The van der Waals surface area contributed by atoms with Crippen molar-refractivity contribution >= 4 is 15.7 Å². The standard InChI is InChI=1S/C17H22N4O4S/c1-12-4-3-5-13(8-12)17-19-16(25-20-17)10-21(2)9-15(22)18-14-6-7-26(23,24)11-14/h3-5,8,14H,6-7,9-11H2,1-2H3,(H,18,22). The van der Waals surface area contributed by atoms with Gasteiger partial charge in [-0.05, 0) is 26.5 Å². The van der Waals surface area contributed by atoms with Crippen LogP contribution in [0.15, 0.2) is 28.8 Å². The zero-order valence-electron chi connectivity index (χ0n) is 14.8. The van der Waals surface area contributed by atoms with Gasteiger partial charge in [0.25, 0.3) is 0 Å². The SMILES string of the molecule is Cc1cccc(-c2noc(CN(C)CC(=O)NC3CCS(=O)(=O)C3)n2)c1. The van der Waals surface area contributed by atoms with E-state index in [2.05, 4.69) is 15.5 Å². The molecule has 1 atom stereocenters. The second-order valence-electron chi connectivity index (χ2n) is 6.72. The third-order valence-electron chi connectivity index (χ3n) is 4.16. The fourth-order valence-electron chi connectivity index (χ4n) is 2.93. The van der Waals surface area contributed by atoms with E-state index in [4.69, 9.17) is 4.52 Å². The maximum atomic E-state index is 12.1. The molecule has 1 aromatic carbocycles. The zero-order valence-corrected chi connectivity index (χ0v) is 15.6. The van der Waals surface area contributed by atoms with Crippen molar-refractivity contribution in [2.75, 3.05) is 25.1 Å². The number of amides is 1. The van der Waals surface area contributed by atoms with Crippen LogP contribution in [0.3, 0.4) is 0 Å². The highest BCUT2D eigenvalue weighted by Crippen LogP contribution is 2.17. The molecule has 2 heterocycles. The molecule has 0 saturated carbocycles. The number of hydrogen-bond acceptors (Lipinski definition) is 7. The van der Waals surface area contributed by atoms with Crippen molar-refractivity contribution < 1.29 is 17.7 Å². The number of sulfone groups is 1. The van der Waals surface area contributed by atoms with Crippen LogP contribution in [0.4, 0.5) is 0 Å². The highest BCUT2D eigenvalue weighted by molar-refractivity contribution is 7.91. The highest BCUT2D eigenvalue weighted by atomic mass is 32.2. The summed E-state index contributed by atoms with van der Waals surface area (Å²) in [5.74, 6) is 0.870. The first kappa shape index (κ1) is 18.5. The summed E-state index contributed by atoms with van der Waals surface area (Å²) in [5.41, 5.74) is 1.99. The summed E-state index contributed by atoms with van der Waals surface area (Å²) >= 11 is 0. The Hall–Kier alpha value is -2.26. The molecule has 2 aromatic rings. The molecule has 26 heavy (non-hydrogen) atoms. The van der Waals surface area contributed by atoms with Gasteiger partial charge in [-0.3, -0.25) is 9.69 Å². The van der Waals surface area contributed by atoms with Crippen molar-refractivity contribution in [1.82, 2.24) is 20.4 Å². The molecule has 0 bridgehead atoms. The molecular weight excluding hydrogens is 356 g/mol. The van der Waals surface area contributed by atoms with Crippen LogP contribution in [0, 0.1) is 6.92 Å². The van der Waals surface area contributed by atoms with Crippen LogP contribution in [0.25, 0.3) is 11.4 Å². The minimum Gasteiger partial charge on any atom is -0.351 e. The zero-order chi connectivity index (χ0) is 18.7. The van der Waals surface area contributed by atoms with E-state index in [1.54, 1.807) is 11.9 Å².